The van der Waals surface area contributed by atoms with E-state index < -0.39 is 27.1 Å². The van der Waals surface area contributed by atoms with Gasteiger partial charge >= 0.3 is 12.1 Å². The standard InChI is InChI=1S/C23H19NO7S/c25-22(26)14-9-10-15(21(11-14)32(28,29)30)12-24-23(27)31-13-20-18-7-3-1-5-16(18)17-6-2-4-8-19(17)20/h1-11,20H,12-13H2,(H,24,27)(H,25,26)(H,28,29,30). The number of hydrogen-bond donors (Lipinski definition) is 3. The van der Waals surface area contributed by atoms with Gasteiger partial charge in [-0.3, -0.25) is 4.55 Å². The molecule has 0 aromatic heterocycles. The molecule has 0 fully saturated rings. The minimum absolute atomic E-state index is 0.0333. The molecule has 0 heterocycles. The fourth-order valence-corrected chi connectivity index (χ4v) is 4.64. The van der Waals surface area contributed by atoms with E-state index in [-0.39, 0.29) is 30.2 Å². The molecule has 0 bridgehead atoms. The van der Waals surface area contributed by atoms with Crippen LogP contribution < -0.4 is 5.32 Å². The molecular weight excluding hydrogens is 434 g/mol. The summed E-state index contributed by atoms with van der Waals surface area (Å²) in [6.45, 7) is -0.186. The first kappa shape index (κ1) is 21.5. The minimum Gasteiger partial charge on any atom is -0.478 e. The van der Waals surface area contributed by atoms with Crippen LogP contribution in [0.2, 0.25) is 0 Å². The zero-order valence-electron chi connectivity index (χ0n) is 16.7. The van der Waals surface area contributed by atoms with Crippen LogP contribution in [0.5, 0.6) is 0 Å². The Morgan fingerprint density at radius 1 is 0.938 bits per heavy atom. The summed E-state index contributed by atoms with van der Waals surface area (Å²) in [4.78, 5) is 22.8. The molecule has 32 heavy (non-hydrogen) atoms. The van der Waals surface area contributed by atoms with Crippen molar-refractivity contribution in [2.75, 3.05) is 6.61 Å². The normalized spacial score (nSPS) is 12.7. The summed E-state index contributed by atoms with van der Waals surface area (Å²) < 4.78 is 38.1. The van der Waals surface area contributed by atoms with E-state index in [1.165, 1.54) is 12.1 Å². The van der Waals surface area contributed by atoms with Crippen molar-refractivity contribution in [1.29, 1.82) is 0 Å². The topological polar surface area (TPSA) is 130 Å². The fourth-order valence-electron chi connectivity index (χ4n) is 3.89. The number of rotatable bonds is 6. The van der Waals surface area contributed by atoms with E-state index in [9.17, 15) is 22.6 Å². The van der Waals surface area contributed by atoms with Crippen LogP contribution in [0.25, 0.3) is 11.1 Å². The van der Waals surface area contributed by atoms with Crippen molar-refractivity contribution < 1.29 is 32.4 Å². The zero-order chi connectivity index (χ0) is 22.9. The first-order chi connectivity index (χ1) is 15.3. The average molecular weight is 453 g/mol. The monoisotopic (exact) mass is 453 g/mol. The fraction of sp³-hybridized carbons (Fsp3) is 0.130. The van der Waals surface area contributed by atoms with Gasteiger partial charge in [0.15, 0.2) is 0 Å². The lowest BCUT2D eigenvalue weighted by Crippen LogP contribution is -2.26. The number of fused-ring (bicyclic) bond motifs is 3. The van der Waals surface area contributed by atoms with Gasteiger partial charge in [0.25, 0.3) is 10.1 Å². The molecule has 3 aromatic rings. The Morgan fingerprint density at radius 2 is 1.53 bits per heavy atom. The number of carboxylic acids is 1. The second-order valence-electron chi connectivity index (χ2n) is 7.28. The van der Waals surface area contributed by atoms with Gasteiger partial charge in [-0.15, -0.1) is 0 Å². The van der Waals surface area contributed by atoms with Crippen LogP contribution in [0.15, 0.2) is 71.6 Å². The van der Waals surface area contributed by atoms with Gasteiger partial charge < -0.3 is 15.2 Å². The third-order valence-electron chi connectivity index (χ3n) is 5.36. The summed E-state index contributed by atoms with van der Waals surface area (Å²) in [7, 11) is -4.69. The van der Waals surface area contributed by atoms with Gasteiger partial charge in [0.1, 0.15) is 6.61 Å². The number of nitrogens with one attached hydrogen (secondary N) is 1. The highest BCUT2D eigenvalue weighted by Gasteiger charge is 2.29. The quantitative estimate of drug-likeness (QED) is 0.486. The number of aromatic carboxylic acids is 1. The van der Waals surface area contributed by atoms with Crippen molar-refractivity contribution in [1.82, 2.24) is 5.32 Å². The largest absolute Gasteiger partial charge is 0.478 e. The van der Waals surface area contributed by atoms with E-state index in [1.54, 1.807) is 0 Å². The Bertz CT molecular complexity index is 1270. The average Bonchev–Trinajstić information content (AvgIpc) is 3.09. The Hall–Kier alpha value is -3.69. The van der Waals surface area contributed by atoms with Crippen LogP contribution in [0, 0.1) is 0 Å². The number of hydrogen-bond acceptors (Lipinski definition) is 5. The molecule has 1 amide bonds. The van der Waals surface area contributed by atoms with E-state index in [1.807, 2.05) is 48.5 Å². The molecule has 4 rings (SSSR count). The molecule has 0 aliphatic heterocycles. The molecule has 8 nitrogen and oxygen atoms in total. The van der Waals surface area contributed by atoms with Gasteiger partial charge in [0.2, 0.25) is 0 Å². The van der Waals surface area contributed by atoms with Crippen molar-refractivity contribution in [3.8, 4) is 11.1 Å². The Kier molecular flexibility index (Phi) is 5.68. The van der Waals surface area contributed by atoms with Crippen molar-refractivity contribution in [2.24, 2.45) is 0 Å². The summed E-state index contributed by atoms with van der Waals surface area (Å²) in [5, 5.41) is 11.5. The van der Waals surface area contributed by atoms with Crippen molar-refractivity contribution in [3.63, 3.8) is 0 Å². The first-order valence-electron chi connectivity index (χ1n) is 9.68. The third-order valence-corrected chi connectivity index (χ3v) is 6.29. The minimum atomic E-state index is -4.69. The third kappa shape index (κ3) is 4.20. The van der Waals surface area contributed by atoms with E-state index >= 15 is 0 Å². The molecule has 0 saturated carbocycles. The second kappa shape index (κ2) is 8.45. The molecule has 9 heteroatoms. The van der Waals surface area contributed by atoms with Crippen molar-refractivity contribution >= 4 is 22.2 Å². The number of benzene rings is 3. The van der Waals surface area contributed by atoms with Crippen LogP contribution in [0.3, 0.4) is 0 Å². The summed E-state index contributed by atoms with van der Waals surface area (Å²) >= 11 is 0. The lowest BCUT2D eigenvalue weighted by atomic mass is 9.98. The van der Waals surface area contributed by atoms with Crippen LogP contribution in [-0.4, -0.2) is 36.7 Å². The highest BCUT2D eigenvalue weighted by Crippen LogP contribution is 2.44. The maximum atomic E-state index is 12.3. The Labute approximate surface area is 184 Å². The molecule has 3 N–H and O–H groups in total. The predicted octanol–water partition coefficient (Wildman–Crippen LogP) is 3.67. The number of ether oxygens (including phenoxy) is 1. The molecule has 0 atom stereocenters. The first-order valence-corrected chi connectivity index (χ1v) is 11.1. The molecular formula is C23H19NO7S. The van der Waals surface area contributed by atoms with Crippen LogP contribution in [0.4, 0.5) is 4.79 Å². The van der Waals surface area contributed by atoms with Gasteiger partial charge in [-0.05, 0) is 39.9 Å². The predicted molar refractivity (Wildman–Crippen MR) is 115 cm³/mol. The van der Waals surface area contributed by atoms with Gasteiger partial charge in [-0.2, -0.15) is 8.42 Å². The summed E-state index contributed by atoms with van der Waals surface area (Å²) in [5.41, 5.74) is 4.02. The maximum Gasteiger partial charge on any atom is 0.407 e. The van der Waals surface area contributed by atoms with Crippen LogP contribution >= 0.6 is 0 Å². The summed E-state index contributed by atoms with van der Waals surface area (Å²) in [6.07, 6.45) is -0.768. The summed E-state index contributed by atoms with van der Waals surface area (Å²) in [6, 6.07) is 19.0. The van der Waals surface area contributed by atoms with Crippen LogP contribution in [0.1, 0.15) is 33.0 Å². The smallest absolute Gasteiger partial charge is 0.407 e. The SMILES string of the molecule is O=C(NCc1ccc(C(=O)O)cc1S(=O)(=O)O)OCC1c2ccccc2-c2ccccc21. The summed E-state index contributed by atoms with van der Waals surface area (Å²) in [5.74, 6) is -1.47. The van der Waals surface area contributed by atoms with Gasteiger partial charge in [0, 0.05) is 12.5 Å². The van der Waals surface area contributed by atoms with E-state index in [0.29, 0.717) is 0 Å². The van der Waals surface area contributed by atoms with E-state index in [4.69, 9.17) is 9.84 Å². The number of carbonyl (C=O) groups is 2. The van der Waals surface area contributed by atoms with Crippen LogP contribution in [-0.2, 0) is 21.4 Å². The second-order valence-corrected chi connectivity index (χ2v) is 8.67. The number of amides is 1. The molecule has 3 aromatic carbocycles. The molecule has 0 unspecified atom stereocenters. The molecule has 0 radical (unpaired) electrons. The zero-order valence-corrected chi connectivity index (χ0v) is 17.5. The Morgan fingerprint density at radius 3 is 2.09 bits per heavy atom. The lowest BCUT2D eigenvalue weighted by molar-refractivity contribution is 0.0696. The van der Waals surface area contributed by atoms with E-state index in [0.717, 1.165) is 28.3 Å². The van der Waals surface area contributed by atoms with Gasteiger partial charge in [-0.1, -0.05) is 54.6 Å². The van der Waals surface area contributed by atoms with Crippen molar-refractivity contribution in [2.45, 2.75) is 17.4 Å². The number of carboxylic acid groups (broad SMARTS) is 1. The van der Waals surface area contributed by atoms with E-state index in [2.05, 4.69) is 5.32 Å². The molecule has 0 saturated heterocycles. The highest BCUT2D eigenvalue weighted by atomic mass is 32.2. The number of carbonyl (C=O) groups excluding carboxylic acids is 1. The van der Waals surface area contributed by atoms with Gasteiger partial charge in [0.05, 0.1) is 10.5 Å². The molecule has 1 aliphatic rings. The maximum absolute atomic E-state index is 12.3. The molecule has 0 spiro atoms. The Balaban J connectivity index is 1.46. The number of alkyl carbamates (subject to hydrolysis) is 1. The molecule has 164 valence electrons. The van der Waals surface area contributed by atoms with Gasteiger partial charge in [-0.25, -0.2) is 9.59 Å². The highest BCUT2D eigenvalue weighted by molar-refractivity contribution is 7.85. The van der Waals surface area contributed by atoms with Crippen molar-refractivity contribution in [3.05, 3.63) is 89.0 Å². The molecule has 1 aliphatic carbocycles. The lowest BCUT2D eigenvalue weighted by Gasteiger charge is -2.15.